The second kappa shape index (κ2) is 6.70. The largest absolute Gasteiger partial charge is 0.351 e. The molecule has 0 spiro atoms. The predicted octanol–water partition coefficient (Wildman–Crippen LogP) is 1.83. The van der Waals surface area contributed by atoms with Crippen LogP contribution in [-0.2, 0) is 0 Å². The first-order valence-corrected chi connectivity index (χ1v) is 7.13. The molecular formula is C14H23N3O2. The van der Waals surface area contributed by atoms with Gasteiger partial charge in [-0.3, -0.25) is 4.79 Å². The summed E-state index contributed by atoms with van der Waals surface area (Å²) >= 11 is 0. The number of carbonyl (C=O) groups is 1. The van der Waals surface area contributed by atoms with Crippen molar-refractivity contribution in [2.45, 2.75) is 33.1 Å². The fraction of sp³-hybridized carbons (Fsp3) is 0.714. The number of nitrogens with one attached hydrogen (secondary N) is 1. The third kappa shape index (κ3) is 3.56. The Morgan fingerprint density at radius 3 is 2.84 bits per heavy atom. The van der Waals surface area contributed by atoms with Crippen LogP contribution in [0.2, 0.25) is 0 Å². The Kier molecular flexibility index (Phi) is 4.96. The van der Waals surface area contributed by atoms with Gasteiger partial charge in [0.25, 0.3) is 5.91 Å². The maximum atomic E-state index is 12.5. The maximum absolute atomic E-state index is 12.5. The highest BCUT2D eigenvalue weighted by molar-refractivity contribution is 5.92. The molecule has 1 N–H and O–H groups in total. The van der Waals surface area contributed by atoms with Crippen molar-refractivity contribution in [1.82, 2.24) is 15.4 Å². The van der Waals surface area contributed by atoms with Gasteiger partial charge in [-0.25, -0.2) is 0 Å². The molecule has 1 aromatic rings. The van der Waals surface area contributed by atoms with Crippen molar-refractivity contribution < 1.29 is 9.32 Å². The molecule has 0 radical (unpaired) electrons. The average molecular weight is 265 g/mol. The summed E-state index contributed by atoms with van der Waals surface area (Å²) in [5.74, 6) is 0.970. The topological polar surface area (TPSA) is 58.4 Å². The Balaban J connectivity index is 2.02. The van der Waals surface area contributed by atoms with Crippen LogP contribution in [0.3, 0.4) is 0 Å². The Hall–Kier alpha value is -1.36. The minimum atomic E-state index is -0.0182. The molecule has 5 nitrogen and oxygen atoms in total. The van der Waals surface area contributed by atoms with Gasteiger partial charge in [-0.05, 0) is 45.2 Å². The summed E-state index contributed by atoms with van der Waals surface area (Å²) in [5.41, 5.74) is 0.816. The van der Waals surface area contributed by atoms with Crippen LogP contribution in [0.1, 0.15) is 42.3 Å². The van der Waals surface area contributed by atoms with E-state index in [1.807, 2.05) is 11.8 Å². The van der Waals surface area contributed by atoms with Crippen LogP contribution in [0.5, 0.6) is 0 Å². The number of carbonyl (C=O) groups excluding carboxylic acids is 1. The second-order valence-corrected chi connectivity index (χ2v) is 5.28. The smallest absolute Gasteiger partial charge is 0.292 e. The van der Waals surface area contributed by atoms with E-state index in [2.05, 4.69) is 17.4 Å². The molecule has 2 heterocycles. The van der Waals surface area contributed by atoms with Crippen LogP contribution in [0.15, 0.2) is 10.7 Å². The molecule has 1 fully saturated rings. The van der Waals surface area contributed by atoms with Gasteiger partial charge in [-0.15, -0.1) is 0 Å². The first-order chi connectivity index (χ1) is 9.22. The molecule has 0 atom stereocenters. The molecule has 2 rings (SSSR count). The summed E-state index contributed by atoms with van der Waals surface area (Å²) < 4.78 is 5.09. The Morgan fingerprint density at radius 1 is 1.53 bits per heavy atom. The maximum Gasteiger partial charge on any atom is 0.292 e. The van der Waals surface area contributed by atoms with Gasteiger partial charge in [0.2, 0.25) is 5.76 Å². The molecule has 106 valence electrons. The zero-order chi connectivity index (χ0) is 13.7. The van der Waals surface area contributed by atoms with Crippen LogP contribution >= 0.6 is 0 Å². The van der Waals surface area contributed by atoms with Crippen LogP contribution in [-0.4, -0.2) is 42.1 Å². The lowest BCUT2D eigenvalue weighted by Gasteiger charge is -2.29. The summed E-state index contributed by atoms with van der Waals surface area (Å²) in [6.07, 6.45) is 4.84. The third-order valence-electron chi connectivity index (χ3n) is 3.66. The number of hydrogen-bond donors (Lipinski definition) is 1. The molecule has 0 bridgehead atoms. The predicted molar refractivity (Wildman–Crippen MR) is 73.0 cm³/mol. The van der Waals surface area contributed by atoms with Gasteiger partial charge in [-0.1, -0.05) is 12.1 Å². The normalized spacial score (nSPS) is 16.5. The third-order valence-corrected chi connectivity index (χ3v) is 3.66. The Morgan fingerprint density at radius 2 is 2.26 bits per heavy atom. The first-order valence-electron chi connectivity index (χ1n) is 7.13. The van der Waals surface area contributed by atoms with Gasteiger partial charge in [0.15, 0.2) is 0 Å². The van der Waals surface area contributed by atoms with Gasteiger partial charge in [0.05, 0.1) is 6.20 Å². The fourth-order valence-electron chi connectivity index (χ4n) is 2.56. The molecule has 0 aliphatic carbocycles. The summed E-state index contributed by atoms with van der Waals surface area (Å²) in [7, 11) is 0. The molecular weight excluding hydrogens is 242 g/mol. The summed E-state index contributed by atoms with van der Waals surface area (Å²) in [6.45, 7) is 7.67. The standard InChI is InChI=1S/C14H23N3O2/c1-3-8-17(10-12-4-6-15-7-5-12)14(18)13-11(2)9-16-19-13/h9,12,15H,3-8,10H2,1-2H3. The highest BCUT2D eigenvalue weighted by atomic mass is 16.5. The van der Waals surface area contributed by atoms with E-state index in [4.69, 9.17) is 4.52 Å². The lowest BCUT2D eigenvalue weighted by Crippen LogP contribution is -2.39. The van der Waals surface area contributed by atoms with E-state index in [1.165, 1.54) is 0 Å². The Bertz CT molecular complexity index is 411. The van der Waals surface area contributed by atoms with Gasteiger partial charge in [-0.2, -0.15) is 0 Å². The molecule has 0 unspecified atom stereocenters. The zero-order valence-corrected chi connectivity index (χ0v) is 11.8. The molecule has 19 heavy (non-hydrogen) atoms. The van der Waals surface area contributed by atoms with Crippen molar-refractivity contribution in [2.75, 3.05) is 26.2 Å². The SMILES string of the molecule is CCCN(CC1CCNCC1)C(=O)c1oncc1C. The molecule has 5 heteroatoms. The quantitative estimate of drug-likeness (QED) is 0.882. The van der Waals surface area contributed by atoms with Crippen LogP contribution < -0.4 is 5.32 Å². The van der Waals surface area contributed by atoms with Gasteiger partial charge in [0, 0.05) is 18.7 Å². The van der Waals surface area contributed by atoms with Crippen LogP contribution in [0.25, 0.3) is 0 Å². The second-order valence-electron chi connectivity index (χ2n) is 5.28. The lowest BCUT2D eigenvalue weighted by molar-refractivity contribution is 0.0673. The highest BCUT2D eigenvalue weighted by Crippen LogP contribution is 2.17. The van der Waals surface area contributed by atoms with Crippen LogP contribution in [0.4, 0.5) is 0 Å². The minimum absolute atomic E-state index is 0.0182. The van der Waals surface area contributed by atoms with Crippen molar-refractivity contribution in [3.8, 4) is 0 Å². The number of aromatic nitrogens is 1. The number of amides is 1. The van der Waals surface area contributed by atoms with Crippen molar-refractivity contribution in [1.29, 1.82) is 0 Å². The number of nitrogens with zero attached hydrogens (tertiary/aromatic N) is 2. The van der Waals surface area contributed by atoms with E-state index in [9.17, 15) is 4.79 Å². The summed E-state index contributed by atoms with van der Waals surface area (Å²) in [5, 5.41) is 7.05. The average Bonchev–Trinajstić information content (AvgIpc) is 2.85. The van der Waals surface area contributed by atoms with E-state index >= 15 is 0 Å². The number of piperidine rings is 1. The van der Waals surface area contributed by atoms with Gasteiger partial charge in [0.1, 0.15) is 0 Å². The molecule has 0 aromatic carbocycles. The zero-order valence-electron chi connectivity index (χ0n) is 11.8. The molecule has 1 aliphatic heterocycles. The van der Waals surface area contributed by atoms with Crippen molar-refractivity contribution in [3.05, 3.63) is 17.5 Å². The Labute approximate surface area is 114 Å². The molecule has 1 aliphatic rings. The van der Waals surface area contributed by atoms with Gasteiger partial charge < -0.3 is 14.7 Å². The van der Waals surface area contributed by atoms with E-state index in [0.29, 0.717) is 11.7 Å². The molecule has 1 saturated heterocycles. The minimum Gasteiger partial charge on any atom is -0.351 e. The molecule has 1 amide bonds. The number of rotatable bonds is 5. The van der Waals surface area contributed by atoms with Crippen molar-refractivity contribution in [2.24, 2.45) is 5.92 Å². The van der Waals surface area contributed by atoms with Gasteiger partial charge >= 0.3 is 0 Å². The van der Waals surface area contributed by atoms with E-state index < -0.39 is 0 Å². The van der Waals surface area contributed by atoms with Crippen molar-refractivity contribution >= 4 is 5.91 Å². The number of aryl methyl sites for hydroxylation is 1. The fourth-order valence-corrected chi connectivity index (χ4v) is 2.56. The van der Waals surface area contributed by atoms with Crippen LogP contribution in [0, 0.1) is 12.8 Å². The van der Waals surface area contributed by atoms with E-state index in [1.54, 1.807) is 6.20 Å². The highest BCUT2D eigenvalue weighted by Gasteiger charge is 2.24. The molecule has 1 aromatic heterocycles. The lowest BCUT2D eigenvalue weighted by atomic mass is 9.97. The summed E-state index contributed by atoms with van der Waals surface area (Å²) in [4.78, 5) is 14.4. The van der Waals surface area contributed by atoms with E-state index in [-0.39, 0.29) is 5.91 Å². The number of hydrogen-bond acceptors (Lipinski definition) is 4. The molecule has 0 saturated carbocycles. The van der Waals surface area contributed by atoms with E-state index in [0.717, 1.165) is 51.0 Å². The van der Waals surface area contributed by atoms with Crippen molar-refractivity contribution in [3.63, 3.8) is 0 Å². The summed E-state index contributed by atoms with van der Waals surface area (Å²) in [6, 6.07) is 0. The monoisotopic (exact) mass is 265 g/mol. The first kappa shape index (κ1) is 14.1.